The second kappa shape index (κ2) is 10.8. The molecular formula is C24H31F3N6O4S. The van der Waals surface area contributed by atoms with Gasteiger partial charge >= 0.3 is 6.18 Å². The summed E-state index contributed by atoms with van der Waals surface area (Å²) in [6, 6.07) is 1.21. The molecule has 10 nitrogen and oxygen atoms in total. The topological polar surface area (TPSA) is 146 Å². The molecule has 0 unspecified atom stereocenters. The summed E-state index contributed by atoms with van der Waals surface area (Å²) in [7, 11) is 0. The quantitative estimate of drug-likeness (QED) is 0.249. The molecule has 208 valence electrons. The van der Waals surface area contributed by atoms with Gasteiger partial charge in [0.15, 0.2) is 0 Å². The highest BCUT2D eigenvalue weighted by atomic mass is 32.1. The summed E-state index contributed by atoms with van der Waals surface area (Å²) in [5, 5.41) is 38.5. The van der Waals surface area contributed by atoms with Crippen LogP contribution in [0.1, 0.15) is 31.7 Å². The third-order valence-electron chi connectivity index (χ3n) is 6.50. The lowest BCUT2D eigenvalue weighted by atomic mass is 9.88. The number of halogens is 3. The van der Waals surface area contributed by atoms with Crippen LogP contribution in [0.5, 0.6) is 0 Å². The second-order valence-electron chi connectivity index (χ2n) is 9.94. The summed E-state index contributed by atoms with van der Waals surface area (Å²) in [5.41, 5.74) is 1.40. The highest BCUT2D eigenvalue weighted by molar-refractivity contribution is 7.21. The van der Waals surface area contributed by atoms with Crippen molar-refractivity contribution in [2.24, 2.45) is 5.92 Å². The maximum Gasteiger partial charge on any atom is 0.411 e. The Bertz CT molecular complexity index is 1280. The zero-order valence-corrected chi connectivity index (χ0v) is 22.2. The van der Waals surface area contributed by atoms with Gasteiger partial charge in [0.25, 0.3) is 0 Å². The maximum absolute atomic E-state index is 12.3. The van der Waals surface area contributed by atoms with Crippen molar-refractivity contribution in [3.8, 4) is 10.6 Å². The molecule has 1 aliphatic carbocycles. The summed E-state index contributed by atoms with van der Waals surface area (Å²) in [5.74, 6) is -0.107. The summed E-state index contributed by atoms with van der Waals surface area (Å²) in [6.07, 6.45) is -4.78. The van der Waals surface area contributed by atoms with Crippen LogP contribution in [0.4, 0.5) is 24.9 Å². The molecule has 4 atom stereocenters. The lowest BCUT2D eigenvalue weighted by Gasteiger charge is -2.28. The first-order valence-corrected chi connectivity index (χ1v) is 12.9. The van der Waals surface area contributed by atoms with Gasteiger partial charge in [-0.05, 0) is 40.2 Å². The van der Waals surface area contributed by atoms with Crippen LogP contribution < -0.4 is 10.6 Å². The minimum Gasteiger partial charge on any atom is -0.390 e. The molecule has 0 saturated heterocycles. The number of aromatic nitrogens is 4. The molecule has 1 fully saturated rings. The van der Waals surface area contributed by atoms with Gasteiger partial charge in [-0.3, -0.25) is 4.98 Å². The Morgan fingerprint density at radius 2 is 1.84 bits per heavy atom. The lowest BCUT2D eigenvalue weighted by molar-refractivity contribution is -0.172. The van der Waals surface area contributed by atoms with Gasteiger partial charge in [-0.25, -0.2) is 9.97 Å². The average Bonchev–Trinajstić information content (AvgIpc) is 3.35. The van der Waals surface area contributed by atoms with E-state index < -0.39 is 42.6 Å². The number of pyridine rings is 1. The summed E-state index contributed by atoms with van der Waals surface area (Å²) < 4.78 is 42.6. The van der Waals surface area contributed by atoms with Gasteiger partial charge in [0.05, 0.1) is 46.0 Å². The number of rotatable bonds is 9. The largest absolute Gasteiger partial charge is 0.411 e. The number of hydrogen-bond donors (Lipinski definition) is 5. The minimum atomic E-state index is -4.41. The van der Waals surface area contributed by atoms with Crippen LogP contribution in [0.2, 0.25) is 0 Å². The van der Waals surface area contributed by atoms with Crippen molar-refractivity contribution in [1.82, 2.24) is 19.9 Å². The molecule has 38 heavy (non-hydrogen) atoms. The molecule has 0 radical (unpaired) electrons. The molecule has 0 amide bonds. The van der Waals surface area contributed by atoms with E-state index in [-0.39, 0.29) is 25.5 Å². The number of anilines is 2. The van der Waals surface area contributed by atoms with Gasteiger partial charge in [-0.1, -0.05) is 0 Å². The lowest BCUT2D eigenvalue weighted by Crippen LogP contribution is -2.40. The monoisotopic (exact) mass is 556 g/mol. The highest BCUT2D eigenvalue weighted by Crippen LogP contribution is 2.40. The number of aliphatic hydroxyl groups is 3. The first-order valence-electron chi connectivity index (χ1n) is 12.1. The number of aryl methyl sites for hydroxylation is 2. The minimum absolute atomic E-state index is 0.0336. The molecule has 1 saturated carbocycles. The van der Waals surface area contributed by atoms with Crippen LogP contribution in [-0.4, -0.2) is 85.0 Å². The molecule has 0 bridgehead atoms. The Labute approximate surface area is 221 Å². The average molecular weight is 557 g/mol. The number of ether oxygens (including phenoxy) is 1. The van der Waals surface area contributed by atoms with Crippen molar-refractivity contribution in [2.45, 2.75) is 64.1 Å². The fraction of sp³-hybridized carbons (Fsp3) is 0.583. The summed E-state index contributed by atoms with van der Waals surface area (Å²) in [6.45, 7) is 5.24. The first-order chi connectivity index (χ1) is 17.7. The summed E-state index contributed by atoms with van der Waals surface area (Å²) in [4.78, 5) is 18.0. The van der Waals surface area contributed by atoms with Crippen LogP contribution in [0.25, 0.3) is 20.8 Å². The number of fused-ring (bicyclic) bond motifs is 1. The van der Waals surface area contributed by atoms with Crippen LogP contribution in [0, 0.1) is 19.8 Å². The molecule has 3 aromatic heterocycles. The standard InChI is InChI=1S/C24H31F3N6O4S/c1-11-16(21-32-17-12(2)28-6-5-15(17)38-21)20(31-14-9-13(23(3,4)36)18(34)19(14)35)33-22(30-11)29-7-8-37-10-24(25,26)27/h5-6,13-14,18-19,34-36H,7-10H2,1-4H3,(H2,29,30,31,33)/t13-,14+,18+,19-/m0/s1. The van der Waals surface area contributed by atoms with Crippen molar-refractivity contribution in [3.63, 3.8) is 0 Å². The van der Waals surface area contributed by atoms with Crippen molar-refractivity contribution in [1.29, 1.82) is 0 Å². The van der Waals surface area contributed by atoms with Crippen molar-refractivity contribution >= 4 is 33.3 Å². The molecule has 4 rings (SSSR count). The Morgan fingerprint density at radius 3 is 2.47 bits per heavy atom. The normalized spacial score (nSPS) is 22.3. The predicted molar refractivity (Wildman–Crippen MR) is 137 cm³/mol. The first kappa shape index (κ1) is 28.4. The van der Waals surface area contributed by atoms with E-state index in [1.54, 1.807) is 27.0 Å². The van der Waals surface area contributed by atoms with Gasteiger partial charge < -0.3 is 30.7 Å². The van der Waals surface area contributed by atoms with Crippen molar-refractivity contribution in [3.05, 3.63) is 23.7 Å². The molecular weight excluding hydrogens is 525 g/mol. The SMILES string of the molecule is Cc1nc(NCCOCC(F)(F)F)nc(N[C@@H]2C[C@H](C(C)(C)O)[C@@H](O)[C@H]2O)c1-c1nc2c(C)nccc2s1. The molecule has 0 aliphatic heterocycles. The maximum atomic E-state index is 12.3. The van der Waals surface area contributed by atoms with Gasteiger partial charge in [-0.15, -0.1) is 11.3 Å². The van der Waals surface area contributed by atoms with E-state index in [1.165, 1.54) is 11.3 Å². The van der Waals surface area contributed by atoms with E-state index in [2.05, 4.69) is 30.3 Å². The zero-order valence-electron chi connectivity index (χ0n) is 21.4. The van der Waals surface area contributed by atoms with E-state index in [9.17, 15) is 28.5 Å². The van der Waals surface area contributed by atoms with E-state index in [0.29, 0.717) is 22.1 Å². The Kier molecular flexibility index (Phi) is 8.09. The van der Waals surface area contributed by atoms with Gasteiger partial charge in [0.2, 0.25) is 5.95 Å². The third kappa shape index (κ3) is 6.31. The number of thiazole rings is 1. The van der Waals surface area contributed by atoms with E-state index in [0.717, 1.165) is 15.9 Å². The van der Waals surface area contributed by atoms with Crippen LogP contribution in [0.15, 0.2) is 12.3 Å². The van der Waals surface area contributed by atoms with E-state index in [1.807, 2.05) is 13.0 Å². The number of nitrogens with zero attached hydrogens (tertiary/aromatic N) is 4. The number of alkyl halides is 3. The van der Waals surface area contributed by atoms with Crippen LogP contribution in [-0.2, 0) is 4.74 Å². The Balaban J connectivity index is 1.65. The molecule has 1 aliphatic rings. The van der Waals surface area contributed by atoms with Crippen molar-refractivity contribution in [2.75, 3.05) is 30.4 Å². The molecule has 0 spiro atoms. The van der Waals surface area contributed by atoms with Gasteiger partial charge in [-0.2, -0.15) is 18.2 Å². The Morgan fingerprint density at radius 1 is 1.11 bits per heavy atom. The van der Waals surface area contributed by atoms with E-state index in [4.69, 9.17) is 4.98 Å². The number of hydrogen-bond acceptors (Lipinski definition) is 11. The van der Waals surface area contributed by atoms with E-state index >= 15 is 0 Å². The third-order valence-corrected chi connectivity index (χ3v) is 7.54. The highest BCUT2D eigenvalue weighted by Gasteiger charge is 2.48. The number of aliphatic hydroxyl groups excluding tert-OH is 2. The fourth-order valence-corrected chi connectivity index (χ4v) is 5.69. The second-order valence-corrected chi connectivity index (χ2v) is 11.0. The Hall–Kier alpha value is -2.65. The molecule has 0 aromatic carbocycles. The van der Waals surface area contributed by atoms with Gasteiger partial charge in [0, 0.05) is 18.7 Å². The van der Waals surface area contributed by atoms with Crippen molar-refractivity contribution < 1.29 is 33.2 Å². The molecule has 14 heteroatoms. The fourth-order valence-electron chi connectivity index (χ4n) is 4.58. The smallest absolute Gasteiger partial charge is 0.390 e. The van der Waals surface area contributed by atoms with Gasteiger partial charge in [0.1, 0.15) is 29.1 Å². The number of nitrogens with one attached hydrogen (secondary N) is 2. The predicted octanol–water partition coefficient (Wildman–Crippen LogP) is 3.05. The molecule has 5 N–H and O–H groups in total. The van der Waals surface area contributed by atoms with Crippen LogP contribution in [0.3, 0.4) is 0 Å². The molecule has 3 heterocycles. The summed E-state index contributed by atoms with van der Waals surface area (Å²) >= 11 is 1.42. The zero-order chi connectivity index (χ0) is 27.8. The van der Waals surface area contributed by atoms with Crippen LogP contribution >= 0.6 is 11.3 Å². The molecule has 3 aromatic rings.